The Hall–Kier alpha value is -1.11. The van der Waals surface area contributed by atoms with Crippen molar-refractivity contribution in [3.8, 4) is 0 Å². The van der Waals surface area contributed by atoms with E-state index in [1.165, 1.54) is 30.4 Å². The molecule has 0 amide bonds. The van der Waals surface area contributed by atoms with Crippen molar-refractivity contribution in [2.24, 2.45) is 4.99 Å². The smallest absolute Gasteiger partial charge is 0.193 e. The molecule has 1 rings (SSSR count). The van der Waals surface area contributed by atoms with E-state index in [0.29, 0.717) is 0 Å². The number of aromatic nitrogens is 1. The van der Waals surface area contributed by atoms with E-state index < -0.39 is 0 Å². The third kappa shape index (κ3) is 9.25. The van der Waals surface area contributed by atoms with Crippen molar-refractivity contribution >= 4 is 29.9 Å². The molecule has 5 heteroatoms. The zero-order valence-corrected chi connectivity index (χ0v) is 17.8. The molecule has 136 valence electrons. The fourth-order valence-corrected chi connectivity index (χ4v) is 2.45. The third-order valence-electron chi connectivity index (χ3n) is 3.88. The molecule has 0 radical (unpaired) electrons. The Morgan fingerprint density at radius 2 is 2.17 bits per heavy atom. The van der Waals surface area contributed by atoms with Gasteiger partial charge in [-0.3, -0.25) is 9.98 Å². The van der Waals surface area contributed by atoms with Crippen molar-refractivity contribution in [3.05, 3.63) is 42.2 Å². The molecule has 1 heterocycles. The predicted molar refractivity (Wildman–Crippen MR) is 115 cm³/mol. The number of pyridine rings is 1. The van der Waals surface area contributed by atoms with Gasteiger partial charge in [-0.25, -0.2) is 0 Å². The van der Waals surface area contributed by atoms with E-state index in [9.17, 15) is 0 Å². The van der Waals surface area contributed by atoms with Crippen molar-refractivity contribution in [3.63, 3.8) is 0 Å². The number of nitrogens with zero attached hydrogens (tertiary/aromatic N) is 3. The molecule has 4 nitrogen and oxygen atoms in total. The second-order valence-corrected chi connectivity index (χ2v) is 5.85. The zero-order chi connectivity index (χ0) is 16.9. The maximum atomic E-state index is 4.76. The Balaban J connectivity index is 0.00000529. The van der Waals surface area contributed by atoms with Gasteiger partial charge in [-0.15, -0.1) is 30.6 Å². The van der Waals surface area contributed by atoms with Crippen LogP contribution in [-0.4, -0.2) is 42.5 Å². The topological polar surface area (TPSA) is 40.5 Å². The Labute approximate surface area is 164 Å². The first-order chi connectivity index (χ1) is 11.2. The number of hydrogen-bond donors (Lipinski definition) is 1. The van der Waals surface area contributed by atoms with Gasteiger partial charge in [0, 0.05) is 39.1 Å². The first-order valence-electron chi connectivity index (χ1n) is 8.68. The highest BCUT2D eigenvalue weighted by Crippen LogP contribution is 2.06. The fraction of sp³-hybridized carbons (Fsp3) is 0.579. The molecule has 0 aliphatic heterocycles. The SMILES string of the molecule is C=CCCCCCN(C)C(=NCCc1ccncc1C)NCC.I. The van der Waals surface area contributed by atoms with Crippen molar-refractivity contribution < 1.29 is 0 Å². The summed E-state index contributed by atoms with van der Waals surface area (Å²) < 4.78 is 0. The van der Waals surface area contributed by atoms with Gasteiger partial charge in [-0.05, 0) is 56.7 Å². The van der Waals surface area contributed by atoms with Gasteiger partial charge in [0.1, 0.15) is 0 Å². The van der Waals surface area contributed by atoms with E-state index >= 15 is 0 Å². The summed E-state index contributed by atoms with van der Waals surface area (Å²) in [4.78, 5) is 11.1. The summed E-state index contributed by atoms with van der Waals surface area (Å²) >= 11 is 0. The molecule has 0 spiro atoms. The summed E-state index contributed by atoms with van der Waals surface area (Å²) in [6.45, 7) is 10.7. The van der Waals surface area contributed by atoms with Crippen LogP contribution in [0.3, 0.4) is 0 Å². The summed E-state index contributed by atoms with van der Waals surface area (Å²) in [6.07, 6.45) is 11.5. The molecular weight excluding hydrogens is 411 g/mol. The van der Waals surface area contributed by atoms with Crippen LogP contribution < -0.4 is 5.32 Å². The predicted octanol–water partition coefficient (Wildman–Crippen LogP) is 4.19. The number of hydrogen-bond acceptors (Lipinski definition) is 2. The number of allylic oxidation sites excluding steroid dienone is 1. The number of aliphatic imine (C=N–C) groups is 1. The lowest BCUT2D eigenvalue weighted by atomic mass is 10.1. The van der Waals surface area contributed by atoms with Gasteiger partial charge in [0.25, 0.3) is 0 Å². The minimum absolute atomic E-state index is 0. The van der Waals surface area contributed by atoms with Gasteiger partial charge in [0.2, 0.25) is 0 Å². The Bertz CT molecular complexity index is 488. The summed E-state index contributed by atoms with van der Waals surface area (Å²) in [6, 6.07) is 2.08. The van der Waals surface area contributed by atoms with Crippen molar-refractivity contribution in [2.45, 2.75) is 46.0 Å². The van der Waals surface area contributed by atoms with Crippen molar-refractivity contribution in [1.82, 2.24) is 15.2 Å². The van der Waals surface area contributed by atoms with Crippen LogP contribution in [0.2, 0.25) is 0 Å². The Morgan fingerprint density at radius 1 is 1.38 bits per heavy atom. The average molecular weight is 444 g/mol. The number of guanidine groups is 1. The molecule has 0 saturated heterocycles. The Morgan fingerprint density at radius 3 is 2.83 bits per heavy atom. The van der Waals surface area contributed by atoms with Gasteiger partial charge in [-0.1, -0.05) is 12.5 Å². The van der Waals surface area contributed by atoms with Crippen molar-refractivity contribution in [1.29, 1.82) is 0 Å². The summed E-state index contributed by atoms with van der Waals surface area (Å²) in [5, 5.41) is 3.38. The first-order valence-corrected chi connectivity index (χ1v) is 8.68. The van der Waals surface area contributed by atoms with Gasteiger partial charge in [0.05, 0.1) is 0 Å². The molecule has 0 aliphatic rings. The number of rotatable bonds is 10. The van der Waals surface area contributed by atoms with E-state index in [2.05, 4.69) is 48.7 Å². The molecule has 0 aliphatic carbocycles. The maximum absolute atomic E-state index is 4.76. The van der Waals surface area contributed by atoms with Gasteiger partial charge in [0.15, 0.2) is 5.96 Å². The van der Waals surface area contributed by atoms with Gasteiger partial charge in [-0.2, -0.15) is 0 Å². The monoisotopic (exact) mass is 444 g/mol. The number of unbranched alkanes of at least 4 members (excludes halogenated alkanes) is 3. The quantitative estimate of drug-likeness (QED) is 0.193. The molecule has 24 heavy (non-hydrogen) atoms. The van der Waals surface area contributed by atoms with Gasteiger partial charge >= 0.3 is 0 Å². The van der Waals surface area contributed by atoms with Crippen LogP contribution in [0.5, 0.6) is 0 Å². The molecule has 1 N–H and O–H groups in total. The third-order valence-corrected chi connectivity index (χ3v) is 3.88. The van der Waals surface area contributed by atoms with E-state index in [-0.39, 0.29) is 24.0 Å². The highest BCUT2D eigenvalue weighted by molar-refractivity contribution is 14.0. The highest BCUT2D eigenvalue weighted by atomic mass is 127. The average Bonchev–Trinajstić information content (AvgIpc) is 2.55. The van der Waals surface area contributed by atoms with E-state index in [0.717, 1.165) is 38.4 Å². The summed E-state index contributed by atoms with van der Waals surface area (Å²) in [7, 11) is 2.12. The number of halogens is 1. The normalized spacial score (nSPS) is 10.9. The zero-order valence-electron chi connectivity index (χ0n) is 15.4. The van der Waals surface area contributed by atoms with E-state index in [1.54, 1.807) is 0 Å². The molecule has 0 aromatic carbocycles. The van der Waals surface area contributed by atoms with Crippen LogP contribution in [0.15, 0.2) is 36.1 Å². The second kappa shape index (κ2) is 14.3. The van der Waals surface area contributed by atoms with Gasteiger partial charge < -0.3 is 10.2 Å². The fourth-order valence-electron chi connectivity index (χ4n) is 2.45. The van der Waals surface area contributed by atoms with Crippen LogP contribution >= 0.6 is 24.0 Å². The molecule has 1 aromatic heterocycles. The van der Waals surface area contributed by atoms with E-state index in [4.69, 9.17) is 4.99 Å². The van der Waals surface area contributed by atoms with Crippen LogP contribution in [0.1, 0.15) is 43.7 Å². The molecule has 1 aromatic rings. The molecule has 0 unspecified atom stereocenters. The number of nitrogens with one attached hydrogen (secondary N) is 1. The van der Waals surface area contributed by atoms with Crippen LogP contribution in [0.25, 0.3) is 0 Å². The lowest BCUT2D eigenvalue weighted by Crippen LogP contribution is -2.39. The van der Waals surface area contributed by atoms with Crippen LogP contribution in [-0.2, 0) is 6.42 Å². The Kier molecular flexibility index (Phi) is 13.6. The maximum Gasteiger partial charge on any atom is 0.193 e. The minimum atomic E-state index is 0. The molecule has 0 bridgehead atoms. The highest BCUT2D eigenvalue weighted by Gasteiger charge is 2.05. The largest absolute Gasteiger partial charge is 0.357 e. The van der Waals surface area contributed by atoms with Crippen LogP contribution in [0.4, 0.5) is 0 Å². The summed E-state index contributed by atoms with van der Waals surface area (Å²) in [5.41, 5.74) is 2.56. The minimum Gasteiger partial charge on any atom is -0.357 e. The molecule has 0 saturated carbocycles. The lowest BCUT2D eigenvalue weighted by Gasteiger charge is -2.22. The van der Waals surface area contributed by atoms with Crippen LogP contribution in [0, 0.1) is 6.92 Å². The number of aryl methyl sites for hydroxylation is 1. The first kappa shape index (κ1) is 22.9. The molecule has 0 atom stereocenters. The summed E-state index contributed by atoms with van der Waals surface area (Å²) in [5.74, 6) is 1.00. The van der Waals surface area contributed by atoms with Crippen molar-refractivity contribution in [2.75, 3.05) is 26.7 Å². The molecular formula is C19H33IN4. The standard InChI is InChI=1S/C19H32N4.HI/c1-5-7-8-9-10-15-23(4)19(21-6-2)22-14-12-18-11-13-20-16-17(18)3;/h5,11,13,16H,1,6-10,12,14-15H2,2-4H3,(H,21,22);1H. The second-order valence-electron chi connectivity index (χ2n) is 5.85. The molecule has 0 fully saturated rings. The van der Waals surface area contributed by atoms with E-state index in [1.807, 2.05) is 18.5 Å². The lowest BCUT2D eigenvalue weighted by molar-refractivity contribution is 0.455.